The summed E-state index contributed by atoms with van der Waals surface area (Å²) in [6, 6.07) is 10.1. The van der Waals surface area contributed by atoms with Gasteiger partial charge in [0.25, 0.3) is 0 Å². The molecule has 3 fully saturated rings. The fourth-order valence-electron chi connectivity index (χ4n) is 4.65. The molecular formula is C23H30N8. The molecule has 0 unspecified atom stereocenters. The number of hydrogen-bond acceptors (Lipinski definition) is 8. The van der Waals surface area contributed by atoms with Crippen molar-refractivity contribution in [1.82, 2.24) is 19.9 Å². The fraction of sp³-hybridized carbons (Fsp3) is 0.565. The van der Waals surface area contributed by atoms with Crippen molar-refractivity contribution in [3.63, 3.8) is 0 Å². The van der Waals surface area contributed by atoms with Crippen molar-refractivity contribution in [2.45, 2.75) is 32.2 Å². The molecule has 0 radical (unpaired) electrons. The quantitative estimate of drug-likeness (QED) is 0.732. The SMILES string of the molecule is N#Cc1ccc(CN2CCN(c3nc(N4CCCC4)nc(N4CCCC4)n3)CC2)cc1. The minimum absolute atomic E-state index is 0.714. The van der Waals surface area contributed by atoms with Crippen LogP contribution in [0.3, 0.4) is 0 Å². The molecule has 0 amide bonds. The molecule has 5 rings (SSSR count). The number of hydrogen-bond donors (Lipinski definition) is 0. The maximum atomic E-state index is 8.98. The highest BCUT2D eigenvalue weighted by Gasteiger charge is 2.25. The van der Waals surface area contributed by atoms with E-state index in [2.05, 4.69) is 37.8 Å². The monoisotopic (exact) mass is 418 g/mol. The van der Waals surface area contributed by atoms with E-state index in [1.165, 1.54) is 31.2 Å². The molecule has 2 aromatic rings. The van der Waals surface area contributed by atoms with E-state index in [4.69, 9.17) is 20.2 Å². The summed E-state index contributed by atoms with van der Waals surface area (Å²) in [5.41, 5.74) is 1.96. The number of nitrogens with zero attached hydrogens (tertiary/aromatic N) is 8. The van der Waals surface area contributed by atoms with Gasteiger partial charge in [0.05, 0.1) is 11.6 Å². The van der Waals surface area contributed by atoms with E-state index in [1.807, 2.05) is 12.1 Å². The lowest BCUT2D eigenvalue weighted by atomic mass is 10.1. The van der Waals surface area contributed by atoms with Crippen molar-refractivity contribution in [1.29, 1.82) is 5.26 Å². The second kappa shape index (κ2) is 9.06. The summed E-state index contributed by atoms with van der Waals surface area (Å²) in [4.78, 5) is 24.0. The number of aromatic nitrogens is 3. The van der Waals surface area contributed by atoms with Crippen molar-refractivity contribution in [2.75, 3.05) is 67.1 Å². The van der Waals surface area contributed by atoms with Crippen LogP contribution in [0.5, 0.6) is 0 Å². The zero-order chi connectivity index (χ0) is 21.0. The lowest BCUT2D eigenvalue weighted by Crippen LogP contribution is -2.46. The molecule has 162 valence electrons. The van der Waals surface area contributed by atoms with Crippen LogP contribution in [0.1, 0.15) is 36.8 Å². The zero-order valence-corrected chi connectivity index (χ0v) is 18.1. The van der Waals surface area contributed by atoms with E-state index in [-0.39, 0.29) is 0 Å². The van der Waals surface area contributed by atoms with Crippen LogP contribution in [-0.4, -0.2) is 72.2 Å². The zero-order valence-electron chi connectivity index (χ0n) is 18.1. The predicted octanol–water partition coefficient (Wildman–Crippen LogP) is 2.27. The summed E-state index contributed by atoms with van der Waals surface area (Å²) in [7, 11) is 0. The number of rotatable bonds is 5. The van der Waals surface area contributed by atoms with E-state index in [9.17, 15) is 0 Å². The molecule has 1 aromatic carbocycles. The lowest BCUT2D eigenvalue weighted by molar-refractivity contribution is 0.248. The third-order valence-electron chi connectivity index (χ3n) is 6.52. The first-order chi connectivity index (χ1) is 15.3. The lowest BCUT2D eigenvalue weighted by Gasteiger charge is -2.35. The maximum Gasteiger partial charge on any atom is 0.232 e. The first-order valence-electron chi connectivity index (χ1n) is 11.5. The van der Waals surface area contributed by atoms with E-state index < -0.39 is 0 Å². The van der Waals surface area contributed by atoms with Gasteiger partial charge in [-0.15, -0.1) is 0 Å². The number of anilines is 3. The van der Waals surface area contributed by atoms with Crippen LogP contribution < -0.4 is 14.7 Å². The molecule has 8 nitrogen and oxygen atoms in total. The van der Waals surface area contributed by atoms with Crippen molar-refractivity contribution in [3.05, 3.63) is 35.4 Å². The topological polar surface area (TPSA) is 75.4 Å². The highest BCUT2D eigenvalue weighted by molar-refractivity contribution is 5.47. The van der Waals surface area contributed by atoms with E-state index in [1.54, 1.807) is 0 Å². The molecule has 0 N–H and O–H groups in total. The van der Waals surface area contributed by atoms with Gasteiger partial charge in [0, 0.05) is 58.9 Å². The highest BCUT2D eigenvalue weighted by Crippen LogP contribution is 2.25. The standard InChI is InChI=1S/C23H30N8/c24-17-19-5-7-20(8-6-19)18-28-13-15-31(16-14-28)23-26-21(29-9-1-2-10-29)25-22(27-23)30-11-3-4-12-30/h5-8H,1-4,9-16,18H2. The normalized spacial score (nSPS) is 19.8. The second-order valence-corrected chi connectivity index (χ2v) is 8.70. The molecular weight excluding hydrogens is 388 g/mol. The minimum atomic E-state index is 0.714. The van der Waals surface area contributed by atoms with Gasteiger partial charge in [-0.1, -0.05) is 12.1 Å². The van der Waals surface area contributed by atoms with Crippen molar-refractivity contribution < 1.29 is 0 Å². The predicted molar refractivity (Wildman–Crippen MR) is 121 cm³/mol. The van der Waals surface area contributed by atoms with Crippen LogP contribution in [0.2, 0.25) is 0 Å². The van der Waals surface area contributed by atoms with Gasteiger partial charge in [-0.3, -0.25) is 4.90 Å². The molecule has 0 aliphatic carbocycles. The number of benzene rings is 1. The largest absolute Gasteiger partial charge is 0.341 e. The molecule has 3 aliphatic rings. The summed E-state index contributed by atoms with van der Waals surface area (Å²) in [6.07, 6.45) is 4.87. The van der Waals surface area contributed by atoms with Crippen LogP contribution in [0.4, 0.5) is 17.8 Å². The highest BCUT2D eigenvalue weighted by atomic mass is 15.4. The molecule has 0 saturated carbocycles. The Bertz CT molecular complexity index is 883. The van der Waals surface area contributed by atoms with Crippen LogP contribution in [-0.2, 0) is 6.54 Å². The Morgan fingerprint density at radius 2 is 1.10 bits per heavy atom. The number of nitriles is 1. The maximum absolute atomic E-state index is 8.98. The summed E-state index contributed by atoms with van der Waals surface area (Å²) < 4.78 is 0. The van der Waals surface area contributed by atoms with Gasteiger partial charge < -0.3 is 14.7 Å². The minimum Gasteiger partial charge on any atom is -0.341 e. The molecule has 3 aliphatic heterocycles. The van der Waals surface area contributed by atoms with Crippen LogP contribution in [0.25, 0.3) is 0 Å². The smallest absolute Gasteiger partial charge is 0.232 e. The molecule has 8 heteroatoms. The summed E-state index contributed by atoms with van der Waals surface area (Å²) >= 11 is 0. The van der Waals surface area contributed by atoms with E-state index >= 15 is 0 Å². The molecule has 4 heterocycles. The Hall–Kier alpha value is -2.92. The molecule has 31 heavy (non-hydrogen) atoms. The van der Waals surface area contributed by atoms with E-state index in [0.717, 1.165) is 76.7 Å². The van der Waals surface area contributed by atoms with Crippen molar-refractivity contribution >= 4 is 17.8 Å². The van der Waals surface area contributed by atoms with Gasteiger partial charge >= 0.3 is 0 Å². The molecule has 1 aromatic heterocycles. The van der Waals surface area contributed by atoms with Crippen molar-refractivity contribution in [3.8, 4) is 6.07 Å². The van der Waals surface area contributed by atoms with Gasteiger partial charge in [0.2, 0.25) is 17.8 Å². The van der Waals surface area contributed by atoms with Gasteiger partial charge in [-0.05, 0) is 43.4 Å². The van der Waals surface area contributed by atoms with Gasteiger partial charge in [-0.25, -0.2) is 0 Å². The van der Waals surface area contributed by atoms with Crippen LogP contribution in [0.15, 0.2) is 24.3 Å². The Balaban J connectivity index is 1.28. The molecule has 3 saturated heterocycles. The third kappa shape index (κ3) is 4.57. The third-order valence-corrected chi connectivity index (χ3v) is 6.52. The first kappa shape index (κ1) is 20.0. The summed E-state index contributed by atoms with van der Waals surface area (Å²) in [5, 5.41) is 8.98. The van der Waals surface area contributed by atoms with Gasteiger partial charge in [-0.2, -0.15) is 20.2 Å². The van der Waals surface area contributed by atoms with Crippen molar-refractivity contribution in [2.24, 2.45) is 0 Å². The van der Waals surface area contributed by atoms with Crippen LogP contribution in [0, 0.1) is 11.3 Å². The Kier molecular flexibility index (Phi) is 5.85. The second-order valence-electron chi connectivity index (χ2n) is 8.70. The Morgan fingerprint density at radius 3 is 1.55 bits per heavy atom. The average molecular weight is 419 g/mol. The molecule has 0 bridgehead atoms. The Labute approximate surface area is 184 Å². The fourth-order valence-corrected chi connectivity index (χ4v) is 4.65. The molecule has 0 spiro atoms. The van der Waals surface area contributed by atoms with Gasteiger partial charge in [0.15, 0.2) is 0 Å². The molecule has 0 atom stereocenters. The van der Waals surface area contributed by atoms with E-state index in [0.29, 0.717) is 5.56 Å². The first-order valence-corrected chi connectivity index (χ1v) is 11.5. The van der Waals surface area contributed by atoms with Crippen LogP contribution >= 0.6 is 0 Å². The summed E-state index contributed by atoms with van der Waals surface area (Å²) in [6.45, 7) is 8.87. The van der Waals surface area contributed by atoms with Gasteiger partial charge in [0.1, 0.15) is 0 Å². The average Bonchev–Trinajstić information content (AvgIpc) is 3.54. The summed E-state index contributed by atoms with van der Waals surface area (Å²) in [5.74, 6) is 2.53. The Morgan fingerprint density at radius 1 is 0.645 bits per heavy atom. The number of piperazine rings is 1.